The maximum absolute atomic E-state index is 6.23. The van der Waals surface area contributed by atoms with E-state index in [0.717, 1.165) is 23.9 Å². The summed E-state index contributed by atoms with van der Waals surface area (Å²) in [6.07, 6.45) is 3.96. The number of hydrogen-bond donors (Lipinski definition) is 1. The lowest BCUT2D eigenvalue weighted by Crippen LogP contribution is -2.08. The third-order valence-corrected chi connectivity index (χ3v) is 3.60. The molecule has 2 aliphatic rings. The highest BCUT2D eigenvalue weighted by Crippen LogP contribution is 2.34. The van der Waals surface area contributed by atoms with Gasteiger partial charge in [0.2, 0.25) is 0 Å². The van der Waals surface area contributed by atoms with E-state index in [9.17, 15) is 0 Å². The quantitative estimate of drug-likeness (QED) is 0.873. The van der Waals surface area contributed by atoms with Gasteiger partial charge in [-0.05, 0) is 49.4 Å². The van der Waals surface area contributed by atoms with E-state index in [1.54, 1.807) is 0 Å². The van der Waals surface area contributed by atoms with Crippen molar-refractivity contribution in [2.75, 3.05) is 13.1 Å². The van der Waals surface area contributed by atoms with Gasteiger partial charge in [-0.2, -0.15) is 0 Å². The lowest BCUT2D eigenvalue weighted by atomic mass is 9.98. The Morgan fingerprint density at radius 1 is 1.25 bits per heavy atom. The van der Waals surface area contributed by atoms with Gasteiger partial charge >= 0.3 is 0 Å². The van der Waals surface area contributed by atoms with Gasteiger partial charge in [-0.25, -0.2) is 0 Å². The summed E-state index contributed by atoms with van der Waals surface area (Å²) in [5.74, 6) is 1.46. The number of rotatable bonds is 3. The summed E-state index contributed by atoms with van der Waals surface area (Å²) >= 11 is 6.23. The van der Waals surface area contributed by atoms with Crippen LogP contribution in [0.4, 0.5) is 0 Å². The van der Waals surface area contributed by atoms with E-state index < -0.39 is 0 Å². The van der Waals surface area contributed by atoms with Crippen molar-refractivity contribution in [1.29, 1.82) is 0 Å². The molecule has 0 amide bonds. The molecular weight excluding hydrogens is 222 g/mol. The average molecular weight is 238 g/mol. The molecule has 3 heteroatoms. The van der Waals surface area contributed by atoms with Gasteiger partial charge in [0.15, 0.2) is 0 Å². The van der Waals surface area contributed by atoms with Crippen molar-refractivity contribution in [3.8, 4) is 5.75 Å². The van der Waals surface area contributed by atoms with E-state index in [1.807, 2.05) is 6.07 Å². The van der Waals surface area contributed by atoms with Crippen LogP contribution < -0.4 is 10.1 Å². The first-order valence-electron chi connectivity index (χ1n) is 6.00. The molecule has 1 aliphatic heterocycles. The Bertz CT molecular complexity index is 384. The summed E-state index contributed by atoms with van der Waals surface area (Å²) in [7, 11) is 0. The van der Waals surface area contributed by atoms with E-state index in [1.165, 1.54) is 24.8 Å². The average Bonchev–Trinajstić information content (AvgIpc) is 2.94. The van der Waals surface area contributed by atoms with Crippen molar-refractivity contribution in [3.05, 3.63) is 28.8 Å². The molecule has 2 nitrogen and oxygen atoms in total. The summed E-state index contributed by atoms with van der Waals surface area (Å²) < 4.78 is 5.73. The van der Waals surface area contributed by atoms with Crippen molar-refractivity contribution in [1.82, 2.24) is 5.32 Å². The molecule has 0 radical (unpaired) electrons. The second-order valence-electron chi connectivity index (χ2n) is 4.70. The Balaban J connectivity index is 1.77. The summed E-state index contributed by atoms with van der Waals surface area (Å²) in [5.41, 5.74) is 1.33. The molecule has 1 heterocycles. The molecular formula is C13H16ClNO. The Morgan fingerprint density at radius 2 is 2.12 bits per heavy atom. The third kappa shape index (κ3) is 2.18. The highest BCUT2D eigenvalue weighted by Gasteiger charge is 2.25. The van der Waals surface area contributed by atoms with Crippen LogP contribution >= 0.6 is 11.6 Å². The van der Waals surface area contributed by atoms with Gasteiger partial charge < -0.3 is 10.1 Å². The van der Waals surface area contributed by atoms with Crippen LogP contribution in [0.3, 0.4) is 0 Å². The highest BCUT2D eigenvalue weighted by atomic mass is 35.5. The molecule has 1 unspecified atom stereocenters. The monoisotopic (exact) mass is 237 g/mol. The normalized spacial score (nSPS) is 24.7. The summed E-state index contributed by atoms with van der Waals surface area (Å²) in [4.78, 5) is 0. The van der Waals surface area contributed by atoms with Gasteiger partial charge in [-0.15, -0.1) is 0 Å². The molecule has 1 aliphatic carbocycles. The minimum atomic E-state index is 0.413. The Kier molecular flexibility index (Phi) is 2.78. The second kappa shape index (κ2) is 4.27. The lowest BCUT2D eigenvalue weighted by Gasteiger charge is -2.12. The number of halogens is 1. The van der Waals surface area contributed by atoms with E-state index in [2.05, 4.69) is 17.4 Å². The predicted octanol–water partition coefficient (Wildman–Crippen LogP) is 2.96. The van der Waals surface area contributed by atoms with Crippen LogP contribution in [0.5, 0.6) is 5.75 Å². The molecule has 16 heavy (non-hydrogen) atoms. The zero-order valence-corrected chi connectivity index (χ0v) is 9.96. The highest BCUT2D eigenvalue weighted by molar-refractivity contribution is 6.32. The fourth-order valence-electron chi connectivity index (χ4n) is 2.17. The molecule has 0 bridgehead atoms. The first-order valence-corrected chi connectivity index (χ1v) is 6.37. The fourth-order valence-corrected chi connectivity index (χ4v) is 2.40. The molecule has 1 atom stereocenters. The maximum atomic E-state index is 6.23. The summed E-state index contributed by atoms with van der Waals surface area (Å²) in [5, 5.41) is 4.13. The minimum absolute atomic E-state index is 0.413. The fraction of sp³-hybridized carbons (Fsp3) is 0.538. The molecule has 1 N–H and O–H groups in total. The first kappa shape index (κ1) is 10.4. The third-order valence-electron chi connectivity index (χ3n) is 3.31. The number of hydrogen-bond acceptors (Lipinski definition) is 2. The van der Waals surface area contributed by atoms with E-state index in [4.69, 9.17) is 16.3 Å². The van der Waals surface area contributed by atoms with Crippen molar-refractivity contribution < 1.29 is 4.74 Å². The Morgan fingerprint density at radius 3 is 2.75 bits per heavy atom. The van der Waals surface area contributed by atoms with Crippen LogP contribution in [-0.2, 0) is 0 Å². The van der Waals surface area contributed by atoms with Gasteiger partial charge in [-0.1, -0.05) is 17.7 Å². The Hall–Kier alpha value is -0.730. The van der Waals surface area contributed by atoms with Crippen LogP contribution in [0.25, 0.3) is 0 Å². The maximum Gasteiger partial charge on any atom is 0.138 e. The topological polar surface area (TPSA) is 21.3 Å². The minimum Gasteiger partial charge on any atom is -0.489 e. The van der Waals surface area contributed by atoms with Crippen molar-refractivity contribution in [2.24, 2.45) is 0 Å². The zero-order chi connectivity index (χ0) is 11.0. The van der Waals surface area contributed by atoms with Crippen LogP contribution in [0, 0.1) is 0 Å². The summed E-state index contributed by atoms with van der Waals surface area (Å²) in [6.45, 7) is 2.18. The van der Waals surface area contributed by atoms with Crippen molar-refractivity contribution >= 4 is 11.6 Å². The molecule has 1 aromatic carbocycles. The van der Waals surface area contributed by atoms with E-state index in [-0.39, 0.29) is 0 Å². The van der Waals surface area contributed by atoms with Gasteiger partial charge in [-0.3, -0.25) is 0 Å². The van der Waals surface area contributed by atoms with Crippen LogP contribution in [0.15, 0.2) is 18.2 Å². The van der Waals surface area contributed by atoms with Crippen LogP contribution in [0.2, 0.25) is 5.02 Å². The number of ether oxygens (including phenoxy) is 1. The molecule has 3 rings (SSSR count). The summed E-state index contributed by atoms with van der Waals surface area (Å²) in [6, 6.07) is 6.24. The zero-order valence-electron chi connectivity index (χ0n) is 9.21. The first-order chi connectivity index (χ1) is 7.83. The molecule has 1 saturated carbocycles. The second-order valence-corrected chi connectivity index (χ2v) is 5.10. The van der Waals surface area contributed by atoms with E-state index >= 15 is 0 Å². The SMILES string of the molecule is Clc1cc(C2CCNC2)ccc1OC1CC1. The van der Waals surface area contributed by atoms with E-state index in [0.29, 0.717) is 12.0 Å². The number of benzene rings is 1. The molecule has 0 spiro atoms. The Labute approximate surface area is 101 Å². The van der Waals surface area contributed by atoms with Gasteiger partial charge in [0.25, 0.3) is 0 Å². The van der Waals surface area contributed by atoms with Crippen LogP contribution in [-0.4, -0.2) is 19.2 Å². The van der Waals surface area contributed by atoms with Gasteiger partial charge in [0, 0.05) is 6.54 Å². The van der Waals surface area contributed by atoms with Crippen molar-refractivity contribution in [3.63, 3.8) is 0 Å². The molecule has 2 fully saturated rings. The largest absolute Gasteiger partial charge is 0.489 e. The van der Waals surface area contributed by atoms with Crippen molar-refractivity contribution in [2.45, 2.75) is 31.3 Å². The molecule has 86 valence electrons. The standard InChI is InChI=1S/C13H16ClNO/c14-12-7-9(10-5-6-15-8-10)1-4-13(12)16-11-2-3-11/h1,4,7,10-11,15H,2-3,5-6,8H2. The lowest BCUT2D eigenvalue weighted by molar-refractivity contribution is 0.303. The molecule has 1 saturated heterocycles. The number of nitrogens with one attached hydrogen (secondary N) is 1. The molecule has 0 aromatic heterocycles. The van der Waals surface area contributed by atoms with Gasteiger partial charge in [0.05, 0.1) is 11.1 Å². The molecule has 1 aromatic rings. The van der Waals surface area contributed by atoms with Crippen LogP contribution in [0.1, 0.15) is 30.7 Å². The smallest absolute Gasteiger partial charge is 0.138 e. The van der Waals surface area contributed by atoms with Gasteiger partial charge in [0.1, 0.15) is 5.75 Å². The predicted molar refractivity (Wildman–Crippen MR) is 65.3 cm³/mol.